The van der Waals surface area contributed by atoms with Crippen LogP contribution in [0.2, 0.25) is 0 Å². The lowest BCUT2D eigenvalue weighted by Gasteiger charge is -2.17. The predicted octanol–water partition coefficient (Wildman–Crippen LogP) is 2.95. The molecule has 1 aliphatic heterocycles. The van der Waals surface area contributed by atoms with Gasteiger partial charge in [-0.05, 0) is 5.56 Å². The summed E-state index contributed by atoms with van der Waals surface area (Å²) in [6.07, 6.45) is 0. The van der Waals surface area contributed by atoms with Gasteiger partial charge in [0, 0.05) is 18.7 Å². The normalized spacial score (nSPS) is 13.3. The summed E-state index contributed by atoms with van der Waals surface area (Å²) in [4.78, 5) is 7.79. The molecule has 5 heteroatoms. The van der Waals surface area contributed by atoms with Crippen molar-refractivity contribution >= 4 is 17.0 Å². The molecule has 2 aromatic carbocycles. The van der Waals surface area contributed by atoms with Gasteiger partial charge in [-0.1, -0.05) is 30.3 Å². The molecule has 0 unspecified atom stereocenters. The molecule has 0 radical (unpaired) electrons. The number of hydrogen-bond donors (Lipinski definition) is 2. The molecule has 0 saturated carbocycles. The highest BCUT2D eigenvalue weighted by Gasteiger charge is 2.14. The Morgan fingerprint density at radius 1 is 1.05 bits per heavy atom. The van der Waals surface area contributed by atoms with Crippen molar-refractivity contribution in [3.8, 4) is 11.5 Å². The zero-order valence-corrected chi connectivity index (χ0v) is 11.4. The van der Waals surface area contributed by atoms with Crippen LogP contribution >= 0.6 is 0 Å². The summed E-state index contributed by atoms with van der Waals surface area (Å²) in [6, 6.07) is 14.1. The number of rotatable bonds is 3. The Kier molecular flexibility index (Phi) is 2.88. The molecule has 0 bridgehead atoms. The number of fused-ring (bicyclic) bond motifs is 2. The van der Waals surface area contributed by atoms with E-state index < -0.39 is 0 Å². The van der Waals surface area contributed by atoms with E-state index in [0.717, 1.165) is 35.0 Å². The molecular formula is C16H15N3O2. The average Bonchev–Trinajstić information content (AvgIpc) is 2.93. The third kappa shape index (κ3) is 2.38. The summed E-state index contributed by atoms with van der Waals surface area (Å²) in [7, 11) is 0. The molecular weight excluding hydrogens is 266 g/mol. The van der Waals surface area contributed by atoms with E-state index in [0.29, 0.717) is 13.2 Å². The summed E-state index contributed by atoms with van der Waals surface area (Å²) < 4.78 is 11.1. The van der Waals surface area contributed by atoms with E-state index in [1.807, 2.05) is 30.3 Å². The molecule has 0 atom stereocenters. The minimum Gasteiger partial charge on any atom is -0.486 e. The SMILES string of the molecule is c1ccc(CNc2nc3cc4c(cc3[nH]2)OCCO4)cc1. The van der Waals surface area contributed by atoms with Crippen molar-refractivity contribution < 1.29 is 9.47 Å². The number of nitrogens with zero attached hydrogens (tertiary/aromatic N) is 1. The first kappa shape index (κ1) is 12.1. The van der Waals surface area contributed by atoms with Crippen molar-refractivity contribution in [1.82, 2.24) is 9.97 Å². The zero-order valence-electron chi connectivity index (χ0n) is 11.4. The van der Waals surface area contributed by atoms with Gasteiger partial charge in [0.05, 0.1) is 11.0 Å². The second-order valence-electron chi connectivity index (χ2n) is 4.94. The molecule has 106 valence electrons. The third-order valence-electron chi connectivity index (χ3n) is 3.45. The fourth-order valence-corrected chi connectivity index (χ4v) is 2.41. The molecule has 1 aliphatic rings. The van der Waals surface area contributed by atoms with Crippen molar-refractivity contribution in [2.75, 3.05) is 18.5 Å². The fraction of sp³-hybridized carbons (Fsp3) is 0.188. The van der Waals surface area contributed by atoms with Crippen LogP contribution in [-0.2, 0) is 6.54 Å². The van der Waals surface area contributed by atoms with Gasteiger partial charge in [-0.3, -0.25) is 0 Å². The maximum absolute atomic E-state index is 5.58. The highest BCUT2D eigenvalue weighted by atomic mass is 16.6. The van der Waals surface area contributed by atoms with Gasteiger partial charge in [0.25, 0.3) is 0 Å². The summed E-state index contributed by atoms with van der Waals surface area (Å²) >= 11 is 0. The first-order valence-corrected chi connectivity index (χ1v) is 6.96. The lowest BCUT2D eigenvalue weighted by Crippen LogP contribution is -2.15. The van der Waals surface area contributed by atoms with E-state index in [2.05, 4.69) is 27.4 Å². The van der Waals surface area contributed by atoms with E-state index in [1.54, 1.807) is 0 Å². The zero-order chi connectivity index (χ0) is 14.1. The van der Waals surface area contributed by atoms with Crippen LogP contribution in [0.1, 0.15) is 5.56 Å². The number of anilines is 1. The first-order valence-electron chi connectivity index (χ1n) is 6.96. The quantitative estimate of drug-likeness (QED) is 0.775. The van der Waals surface area contributed by atoms with Crippen molar-refractivity contribution in [2.24, 2.45) is 0 Å². The van der Waals surface area contributed by atoms with Crippen LogP contribution in [0.15, 0.2) is 42.5 Å². The predicted molar refractivity (Wildman–Crippen MR) is 80.9 cm³/mol. The van der Waals surface area contributed by atoms with Crippen molar-refractivity contribution in [1.29, 1.82) is 0 Å². The number of aromatic nitrogens is 2. The summed E-state index contributed by atoms with van der Waals surface area (Å²) in [6.45, 7) is 1.90. The molecule has 3 aromatic rings. The van der Waals surface area contributed by atoms with Crippen molar-refractivity contribution in [2.45, 2.75) is 6.54 Å². The number of benzene rings is 2. The fourth-order valence-electron chi connectivity index (χ4n) is 2.41. The molecule has 0 amide bonds. The monoisotopic (exact) mass is 281 g/mol. The first-order chi connectivity index (χ1) is 10.4. The highest BCUT2D eigenvalue weighted by molar-refractivity contribution is 5.81. The molecule has 4 rings (SSSR count). The number of H-pyrrole nitrogens is 1. The number of imidazole rings is 1. The van der Waals surface area contributed by atoms with Crippen molar-refractivity contribution in [3.63, 3.8) is 0 Å². The standard InChI is InChI=1S/C16H15N3O2/c1-2-4-11(5-3-1)10-17-16-18-12-8-14-15(9-13(12)19-16)21-7-6-20-14/h1-5,8-9H,6-7,10H2,(H2,17,18,19). The van der Waals surface area contributed by atoms with Crippen LogP contribution < -0.4 is 14.8 Å². The summed E-state index contributed by atoms with van der Waals surface area (Å²) in [5.41, 5.74) is 3.02. The third-order valence-corrected chi connectivity index (χ3v) is 3.45. The average molecular weight is 281 g/mol. The van der Waals surface area contributed by atoms with Crippen LogP contribution in [-0.4, -0.2) is 23.2 Å². The van der Waals surface area contributed by atoms with Gasteiger partial charge >= 0.3 is 0 Å². The highest BCUT2D eigenvalue weighted by Crippen LogP contribution is 2.34. The Balaban J connectivity index is 1.59. The topological polar surface area (TPSA) is 59.2 Å². The minimum atomic E-state index is 0.585. The van der Waals surface area contributed by atoms with E-state index in [1.165, 1.54) is 5.56 Å². The number of ether oxygens (including phenoxy) is 2. The van der Waals surface area contributed by atoms with Gasteiger partial charge in [0.15, 0.2) is 11.5 Å². The Labute approximate surface area is 121 Å². The van der Waals surface area contributed by atoms with Gasteiger partial charge in [-0.15, -0.1) is 0 Å². The number of hydrogen-bond acceptors (Lipinski definition) is 4. The Morgan fingerprint density at radius 3 is 2.62 bits per heavy atom. The van der Waals surface area contributed by atoms with Crippen LogP contribution in [0.4, 0.5) is 5.95 Å². The van der Waals surface area contributed by atoms with Gasteiger partial charge in [-0.25, -0.2) is 4.98 Å². The Hall–Kier alpha value is -2.69. The molecule has 5 nitrogen and oxygen atoms in total. The summed E-state index contributed by atoms with van der Waals surface area (Å²) in [5.74, 6) is 2.28. The number of aromatic amines is 1. The van der Waals surface area contributed by atoms with Crippen LogP contribution in [0.25, 0.3) is 11.0 Å². The maximum Gasteiger partial charge on any atom is 0.201 e. The van der Waals surface area contributed by atoms with Crippen LogP contribution in [0.3, 0.4) is 0 Å². The lowest BCUT2D eigenvalue weighted by atomic mass is 10.2. The largest absolute Gasteiger partial charge is 0.486 e. The molecule has 1 aromatic heterocycles. The Morgan fingerprint density at radius 2 is 1.81 bits per heavy atom. The molecule has 21 heavy (non-hydrogen) atoms. The lowest BCUT2D eigenvalue weighted by molar-refractivity contribution is 0.172. The van der Waals surface area contributed by atoms with E-state index in [-0.39, 0.29) is 0 Å². The van der Waals surface area contributed by atoms with Gasteiger partial charge in [0.2, 0.25) is 5.95 Å². The van der Waals surface area contributed by atoms with Gasteiger partial charge in [0.1, 0.15) is 13.2 Å². The van der Waals surface area contributed by atoms with E-state index in [9.17, 15) is 0 Å². The minimum absolute atomic E-state index is 0.585. The van der Waals surface area contributed by atoms with Gasteiger partial charge in [-0.2, -0.15) is 0 Å². The van der Waals surface area contributed by atoms with Crippen LogP contribution in [0, 0.1) is 0 Å². The molecule has 0 saturated heterocycles. The smallest absolute Gasteiger partial charge is 0.201 e. The summed E-state index contributed by atoms with van der Waals surface area (Å²) in [5, 5.41) is 3.29. The Bertz CT molecular complexity index is 725. The van der Waals surface area contributed by atoms with E-state index in [4.69, 9.17) is 9.47 Å². The molecule has 0 spiro atoms. The van der Waals surface area contributed by atoms with Gasteiger partial charge < -0.3 is 19.8 Å². The second kappa shape index (κ2) is 5.01. The van der Waals surface area contributed by atoms with Crippen LogP contribution in [0.5, 0.6) is 11.5 Å². The molecule has 2 heterocycles. The van der Waals surface area contributed by atoms with Crippen molar-refractivity contribution in [3.05, 3.63) is 48.0 Å². The number of nitrogens with one attached hydrogen (secondary N) is 2. The molecule has 2 N–H and O–H groups in total. The molecule has 0 aliphatic carbocycles. The molecule has 0 fully saturated rings. The maximum atomic E-state index is 5.58. The van der Waals surface area contributed by atoms with E-state index >= 15 is 0 Å². The second-order valence-corrected chi connectivity index (χ2v) is 4.94.